The number of carbonyl (C=O) groups excluding carboxylic acids is 1. The summed E-state index contributed by atoms with van der Waals surface area (Å²) in [7, 11) is 0. The fourth-order valence-electron chi connectivity index (χ4n) is 2.86. The van der Waals surface area contributed by atoms with Crippen molar-refractivity contribution in [2.45, 2.75) is 51.6 Å². The Morgan fingerprint density at radius 3 is 2.67 bits per heavy atom. The van der Waals surface area contributed by atoms with Crippen molar-refractivity contribution in [1.29, 1.82) is 0 Å². The Kier molecular flexibility index (Phi) is 4.25. The molecule has 1 unspecified atom stereocenters. The third-order valence-corrected chi connectivity index (χ3v) is 5.03. The van der Waals surface area contributed by atoms with Crippen molar-refractivity contribution in [3.05, 3.63) is 28.2 Å². The third kappa shape index (κ3) is 3.60. The molecule has 0 N–H and O–H groups in total. The average molecular weight is 352 g/mol. The second kappa shape index (κ2) is 5.99. The molecule has 0 radical (unpaired) electrons. The van der Waals surface area contributed by atoms with Crippen LogP contribution in [-0.2, 0) is 4.79 Å². The maximum atomic E-state index is 12.5. The van der Waals surface area contributed by atoms with E-state index in [9.17, 15) is 4.79 Å². The lowest BCUT2D eigenvalue weighted by Gasteiger charge is -2.29. The van der Waals surface area contributed by atoms with Crippen molar-refractivity contribution in [1.82, 2.24) is 4.90 Å². The normalized spacial score (nSPS) is 19.2. The second-order valence-electron chi connectivity index (χ2n) is 6.33. The highest BCUT2D eigenvalue weighted by Crippen LogP contribution is 2.39. The molecule has 4 heteroatoms. The van der Waals surface area contributed by atoms with Gasteiger partial charge in [0.15, 0.2) is 6.61 Å². The van der Waals surface area contributed by atoms with Gasteiger partial charge in [-0.2, -0.15) is 0 Å². The van der Waals surface area contributed by atoms with E-state index in [0.717, 1.165) is 23.1 Å². The lowest BCUT2D eigenvalue weighted by Crippen LogP contribution is -2.44. The molecule has 2 saturated carbocycles. The minimum Gasteiger partial charge on any atom is -0.483 e. The second-order valence-corrected chi connectivity index (χ2v) is 7.19. The highest BCUT2D eigenvalue weighted by atomic mass is 79.9. The molecular weight excluding hydrogens is 330 g/mol. The first-order valence-electron chi connectivity index (χ1n) is 7.76. The summed E-state index contributed by atoms with van der Waals surface area (Å²) >= 11 is 3.49. The predicted octanol–water partition coefficient (Wildman–Crippen LogP) is 3.93. The van der Waals surface area contributed by atoms with Gasteiger partial charge in [-0.15, -0.1) is 0 Å². The van der Waals surface area contributed by atoms with Crippen LogP contribution in [0, 0.1) is 12.8 Å². The quantitative estimate of drug-likeness (QED) is 0.777. The Labute approximate surface area is 134 Å². The number of halogens is 1. The van der Waals surface area contributed by atoms with E-state index in [-0.39, 0.29) is 12.5 Å². The van der Waals surface area contributed by atoms with Gasteiger partial charge in [-0.25, -0.2) is 0 Å². The first-order chi connectivity index (χ1) is 10.1. The fourth-order valence-corrected chi connectivity index (χ4v) is 3.47. The zero-order valence-electron chi connectivity index (χ0n) is 12.6. The number of hydrogen-bond donors (Lipinski definition) is 0. The standard InChI is InChI=1S/C17H22BrNO2/c1-11-3-8-16(15(18)9-11)21-10-17(20)19(14-6-7-14)12(2)13-4-5-13/h3,8-9,12-14H,4-7,10H2,1-2H3. The van der Waals surface area contributed by atoms with Gasteiger partial charge in [0.1, 0.15) is 5.75 Å². The molecular formula is C17H22BrNO2. The third-order valence-electron chi connectivity index (χ3n) is 4.41. The van der Waals surface area contributed by atoms with E-state index in [1.807, 2.05) is 25.1 Å². The summed E-state index contributed by atoms with van der Waals surface area (Å²) in [5.41, 5.74) is 1.17. The lowest BCUT2D eigenvalue weighted by molar-refractivity contribution is -0.136. The van der Waals surface area contributed by atoms with Crippen molar-refractivity contribution >= 4 is 21.8 Å². The molecule has 114 valence electrons. The molecule has 2 aliphatic carbocycles. The Hall–Kier alpha value is -1.03. The van der Waals surface area contributed by atoms with E-state index in [2.05, 4.69) is 27.8 Å². The van der Waals surface area contributed by atoms with Gasteiger partial charge in [-0.05, 0) is 79.1 Å². The Morgan fingerprint density at radius 1 is 1.38 bits per heavy atom. The molecule has 0 saturated heterocycles. The van der Waals surface area contributed by atoms with E-state index < -0.39 is 0 Å². The Balaban J connectivity index is 1.61. The molecule has 1 aromatic rings. The van der Waals surface area contributed by atoms with E-state index >= 15 is 0 Å². The molecule has 0 heterocycles. The zero-order valence-corrected chi connectivity index (χ0v) is 14.2. The molecule has 3 nitrogen and oxygen atoms in total. The number of amides is 1. The average Bonchev–Trinajstić information content (AvgIpc) is 3.29. The number of benzene rings is 1. The lowest BCUT2D eigenvalue weighted by atomic mass is 10.1. The molecule has 2 fully saturated rings. The number of carbonyl (C=O) groups is 1. The Bertz CT molecular complexity index is 538. The minimum absolute atomic E-state index is 0.129. The largest absolute Gasteiger partial charge is 0.483 e. The molecule has 1 atom stereocenters. The van der Waals surface area contributed by atoms with Gasteiger partial charge in [-0.3, -0.25) is 4.79 Å². The monoisotopic (exact) mass is 351 g/mol. The van der Waals surface area contributed by atoms with Crippen molar-refractivity contribution in [2.75, 3.05) is 6.61 Å². The van der Waals surface area contributed by atoms with Gasteiger partial charge in [-0.1, -0.05) is 6.07 Å². The maximum absolute atomic E-state index is 12.5. The summed E-state index contributed by atoms with van der Waals surface area (Å²) in [6, 6.07) is 6.74. The molecule has 0 aromatic heterocycles. The van der Waals surface area contributed by atoms with Gasteiger partial charge in [0.05, 0.1) is 4.47 Å². The van der Waals surface area contributed by atoms with Gasteiger partial charge >= 0.3 is 0 Å². The van der Waals surface area contributed by atoms with Crippen molar-refractivity contribution < 1.29 is 9.53 Å². The van der Waals surface area contributed by atoms with Crippen LogP contribution in [0.2, 0.25) is 0 Å². The topological polar surface area (TPSA) is 29.5 Å². The van der Waals surface area contributed by atoms with Crippen LogP contribution in [-0.4, -0.2) is 29.5 Å². The maximum Gasteiger partial charge on any atom is 0.261 e. The van der Waals surface area contributed by atoms with Crippen LogP contribution in [0.1, 0.15) is 38.2 Å². The number of ether oxygens (including phenoxy) is 1. The SMILES string of the molecule is Cc1ccc(OCC(=O)N(C2CC2)C(C)C2CC2)c(Br)c1. The van der Waals surface area contributed by atoms with E-state index in [1.165, 1.54) is 18.4 Å². The van der Waals surface area contributed by atoms with Gasteiger partial charge < -0.3 is 9.64 Å². The van der Waals surface area contributed by atoms with Crippen LogP contribution >= 0.6 is 15.9 Å². The zero-order chi connectivity index (χ0) is 15.0. The summed E-state index contributed by atoms with van der Waals surface area (Å²) in [5.74, 6) is 1.58. The van der Waals surface area contributed by atoms with Crippen LogP contribution in [0.5, 0.6) is 5.75 Å². The predicted molar refractivity (Wildman–Crippen MR) is 86.4 cm³/mol. The van der Waals surface area contributed by atoms with Crippen molar-refractivity contribution in [3.8, 4) is 5.75 Å². The Morgan fingerprint density at radius 2 is 2.10 bits per heavy atom. The summed E-state index contributed by atoms with van der Waals surface area (Å²) in [4.78, 5) is 14.6. The number of hydrogen-bond acceptors (Lipinski definition) is 2. The van der Waals surface area contributed by atoms with Crippen LogP contribution in [0.15, 0.2) is 22.7 Å². The molecule has 1 amide bonds. The van der Waals surface area contributed by atoms with Crippen molar-refractivity contribution in [2.24, 2.45) is 5.92 Å². The highest BCUT2D eigenvalue weighted by Gasteiger charge is 2.41. The van der Waals surface area contributed by atoms with Crippen molar-refractivity contribution in [3.63, 3.8) is 0 Å². The molecule has 0 aliphatic heterocycles. The van der Waals surface area contributed by atoms with Crippen LogP contribution in [0.3, 0.4) is 0 Å². The summed E-state index contributed by atoms with van der Waals surface area (Å²) in [5, 5.41) is 0. The molecule has 3 rings (SSSR count). The molecule has 21 heavy (non-hydrogen) atoms. The van der Waals surface area contributed by atoms with Crippen LogP contribution in [0.4, 0.5) is 0 Å². The molecule has 0 spiro atoms. The highest BCUT2D eigenvalue weighted by molar-refractivity contribution is 9.10. The molecule has 0 bridgehead atoms. The first-order valence-corrected chi connectivity index (χ1v) is 8.55. The minimum atomic E-state index is 0.129. The molecule has 2 aliphatic rings. The van der Waals surface area contributed by atoms with Gasteiger partial charge in [0.2, 0.25) is 0 Å². The van der Waals surface area contributed by atoms with E-state index in [0.29, 0.717) is 18.0 Å². The fraction of sp³-hybridized carbons (Fsp3) is 0.588. The number of aryl methyl sites for hydroxylation is 1. The van der Waals surface area contributed by atoms with E-state index in [4.69, 9.17) is 4.74 Å². The van der Waals surface area contributed by atoms with Crippen LogP contribution in [0.25, 0.3) is 0 Å². The van der Waals surface area contributed by atoms with Crippen LogP contribution < -0.4 is 4.74 Å². The van der Waals surface area contributed by atoms with Gasteiger partial charge in [0.25, 0.3) is 5.91 Å². The summed E-state index contributed by atoms with van der Waals surface area (Å²) in [6.45, 7) is 4.36. The molecule has 1 aromatic carbocycles. The smallest absolute Gasteiger partial charge is 0.261 e. The van der Waals surface area contributed by atoms with Gasteiger partial charge in [0, 0.05) is 12.1 Å². The number of nitrogens with zero attached hydrogens (tertiary/aromatic N) is 1. The summed E-state index contributed by atoms with van der Waals surface area (Å²) < 4.78 is 6.63. The van der Waals surface area contributed by atoms with E-state index in [1.54, 1.807) is 0 Å². The number of rotatable bonds is 6. The first kappa shape index (κ1) is 14.9. The summed E-state index contributed by atoms with van der Waals surface area (Å²) in [6.07, 6.45) is 4.83.